The van der Waals surface area contributed by atoms with Crippen molar-refractivity contribution in [3.63, 3.8) is 0 Å². The van der Waals surface area contributed by atoms with E-state index in [2.05, 4.69) is 0 Å². The van der Waals surface area contributed by atoms with Gasteiger partial charge in [0.1, 0.15) is 5.60 Å². The van der Waals surface area contributed by atoms with E-state index in [1.165, 1.54) is 4.90 Å². The zero-order chi connectivity index (χ0) is 79.9. The van der Waals surface area contributed by atoms with Crippen molar-refractivity contribution < 1.29 is 136 Å². The molecular formula is C80H133NO29S. The maximum absolute atomic E-state index is 14.1. The summed E-state index contributed by atoms with van der Waals surface area (Å²) in [5.41, 5.74) is 2.92. The molecule has 0 saturated heterocycles. The number of benzene rings is 3. The number of hydrogen-bond acceptors (Lipinski definition) is 29. The first-order valence-corrected chi connectivity index (χ1v) is 40.5. The van der Waals surface area contributed by atoms with Crippen molar-refractivity contribution in [3.05, 3.63) is 101 Å². The van der Waals surface area contributed by atoms with E-state index in [1.54, 1.807) is 76.4 Å². The molecule has 0 aliphatic heterocycles. The second-order valence-corrected chi connectivity index (χ2v) is 27.9. The number of ketones is 1. The highest BCUT2D eigenvalue weighted by atomic mass is 32.2. The maximum atomic E-state index is 14.1. The molecule has 30 nitrogen and oxygen atoms in total. The van der Waals surface area contributed by atoms with E-state index >= 15 is 0 Å². The Morgan fingerprint density at radius 3 is 0.856 bits per heavy atom. The van der Waals surface area contributed by atoms with Crippen molar-refractivity contribution in [1.29, 1.82) is 0 Å². The summed E-state index contributed by atoms with van der Waals surface area (Å²) in [5.74, 6) is -2.34. The lowest BCUT2D eigenvalue weighted by Crippen LogP contribution is -2.37. The Morgan fingerprint density at radius 2 is 0.586 bits per heavy atom. The summed E-state index contributed by atoms with van der Waals surface area (Å²) < 4.78 is 160. The molecule has 0 aliphatic rings. The molecule has 0 N–H and O–H groups in total. The van der Waals surface area contributed by atoms with Crippen LogP contribution in [0.4, 0.5) is 0 Å². The number of hydrogen-bond donors (Lipinski definition) is 0. The van der Waals surface area contributed by atoms with Crippen molar-refractivity contribution in [2.45, 2.75) is 64.4 Å². The first-order chi connectivity index (χ1) is 54.2. The van der Waals surface area contributed by atoms with Gasteiger partial charge in [0.05, 0.1) is 314 Å². The zero-order valence-electron chi connectivity index (χ0n) is 67.3. The number of methoxy groups -OCH3 is 1. The van der Waals surface area contributed by atoms with Crippen LogP contribution in [0, 0.1) is 19.8 Å². The molecular weight excluding hydrogens is 1470 g/mol. The predicted molar refractivity (Wildman–Crippen MR) is 413 cm³/mol. The number of carbonyl (C=O) groups is 3. The van der Waals surface area contributed by atoms with Crippen LogP contribution in [0.3, 0.4) is 0 Å². The Labute approximate surface area is 660 Å². The summed E-state index contributed by atoms with van der Waals surface area (Å²) in [5, 5.41) is 0. The van der Waals surface area contributed by atoms with Crippen LogP contribution < -0.4 is 0 Å². The predicted octanol–water partition coefficient (Wildman–Crippen LogP) is 6.39. The van der Waals surface area contributed by atoms with Gasteiger partial charge in [-0.2, -0.15) is 0 Å². The quantitative estimate of drug-likeness (QED) is 0.0335. The number of amides is 1. The first kappa shape index (κ1) is 100. The lowest BCUT2D eigenvalue weighted by Gasteiger charge is -2.24. The Morgan fingerprint density at radius 1 is 0.333 bits per heavy atom. The molecule has 3 aromatic rings. The number of esters is 1. The molecule has 0 spiro atoms. The van der Waals surface area contributed by atoms with Gasteiger partial charge in [0.2, 0.25) is 0 Å². The van der Waals surface area contributed by atoms with Crippen LogP contribution in [0.2, 0.25) is 0 Å². The minimum Gasteiger partial charge on any atom is -0.460 e. The van der Waals surface area contributed by atoms with E-state index < -0.39 is 27.3 Å². The summed E-state index contributed by atoms with van der Waals surface area (Å²) in [6, 6.07) is 20.8. The van der Waals surface area contributed by atoms with Crippen LogP contribution in [0.5, 0.6) is 0 Å². The second kappa shape index (κ2) is 70.7. The average Bonchev–Trinajstić information content (AvgIpc) is 0.814. The fourth-order valence-electron chi connectivity index (χ4n) is 9.66. The van der Waals surface area contributed by atoms with Crippen LogP contribution in [0.15, 0.2) is 77.7 Å². The number of aryl methyl sites for hydroxylation is 3. The number of sulfone groups is 1. The summed E-state index contributed by atoms with van der Waals surface area (Å²) in [6.45, 7) is 29.9. The van der Waals surface area contributed by atoms with Gasteiger partial charge in [-0.3, -0.25) is 14.4 Å². The maximum Gasteiger partial charge on any atom is 0.308 e. The first-order valence-electron chi connectivity index (χ1n) is 38.9. The smallest absolute Gasteiger partial charge is 0.308 e. The van der Waals surface area contributed by atoms with E-state index in [1.807, 2.05) is 38.1 Å². The number of ether oxygens (including phenoxy) is 24. The molecule has 3 aromatic carbocycles. The lowest BCUT2D eigenvalue weighted by atomic mass is 9.92. The van der Waals surface area contributed by atoms with E-state index in [0.29, 0.717) is 308 Å². The molecule has 1 unspecified atom stereocenters. The van der Waals surface area contributed by atoms with Gasteiger partial charge in [-0.15, -0.1) is 0 Å². The highest BCUT2D eigenvalue weighted by Crippen LogP contribution is 2.24. The molecule has 3 rings (SSSR count). The molecule has 0 radical (unpaired) electrons. The standard InChI is InChI=1S/C80H133NO29S/c1-70-7-11-72(12-8-70)13-14-75(69-111(85,86)76-19-9-71(2)10-20-76)78(83)73-15-17-74(18-16-73)79(84)81(22-21-77(82)110-80(3,4)5)23-24-88-27-28-90-31-32-92-35-36-94-39-40-96-43-44-98-47-48-100-51-52-102-55-56-104-59-60-106-63-64-108-67-68-109-66-65-107-62-61-105-58-57-103-54-53-101-50-49-99-46-45-97-42-41-95-38-37-93-34-33-91-30-29-89-26-25-87-6/h7-12,15-20,75H,13-14,21-69H2,1-6H3. The third-order valence-electron chi connectivity index (χ3n) is 15.5. The molecule has 31 heteroatoms. The Kier molecular flexibility index (Phi) is 64.0. The van der Waals surface area contributed by atoms with Crippen LogP contribution >= 0.6 is 0 Å². The van der Waals surface area contributed by atoms with Gasteiger partial charge in [0, 0.05) is 37.2 Å². The molecule has 111 heavy (non-hydrogen) atoms. The second-order valence-electron chi connectivity index (χ2n) is 25.9. The van der Waals surface area contributed by atoms with Gasteiger partial charge in [0.15, 0.2) is 15.6 Å². The summed E-state index contributed by atoms with van der Waals surface area (Å²) in [7, 11) is -2.17. The van der Waals surface area contributed by atoms with Gasteiger partial charge in [0.25, 0.3) is 5.91 Å². The molecule has 0 aliphatic carbocycles. The summed E-state index contributed by atoms with van der Waals surface area (Å²) in [6.07, 6.45) is 0.782. The SMILES string of the molecule is COCCOCCOCCOCCOCCOCCOCCOCCOCCOCCOCCOCCOCCOCCOCCOCCOCCOCCOCCOCCOCCOCCOCCN(CCC(=O)OC(C)(C)C)C(=O)c1ccc(C(=O)C(CCc2ccc(C)cc2)CS(=O)(=O)c2ccc(C)cc2)cc1. The van der Waals surface area contributed by atoms with Crippen LogP contribution in [0.1, 0.15) is 71.0 Å². The van der Waals surface area contributed by atoms with Crippen molar-refractivity contribution >= 4 is 27.5 Å². The number of carbonyl (C=O) groups excluding carboxylic acids is 3. The number of rotatable bonds is 81. The normalized spacial score (nSPS) is 12.2. The van der Waals surface area contributed by atoms with Gasteiger partial charge >= 0.3 is 5.97 Å². The highest BCUT2D eigenvalue weighted by molar-refractivity contribution is 7.91. The number of nitrogens with zero attached hydrogens (tertiary/aromatic N) is 1. The van der Waals surface area contributed by atoms with Crippen LogP contribution in [0.25, 0.3) is 0 Å². The van der Waals surface area contributed by atoms with E-state index in [4.69, 9.17) is 114 Å². The molecule has 1 atom stereocenters. The molecule has 0 bridgehead atoms. The molecule has 0 aromatic heterocycles. The zero-order valence-corrected chi connectivity index (χ0v) is 68.1. The number of Topliss-reactive ketones (excluding diaryl/α,β-unsaturated/α-hetero) is 1. The van der Waals surface area contributed by atoms with Crippen molar-refractivity contribution in [1.82, 2.24) is 4.90 Å². The Balaban J connectivity index is 1.01. The van der Waals surface area contributed by atoms with Crippen molar-refractivity contribution in [2.75, 3.05) is 323 Å². The average molecular weight is 1600 g/mol. The minimum absolute atomic E-state index is 0.0394. The topological polar surface area (TPSA) is 310 Å². The van der Waals surface area contributed by atoms with E-state index in [9.17, 15) is 22.8 Å². The fraction of sp³-hybridized carbons (Fsp3) is 0.738. The molecule has 0 fully saturated rings. The summed E-state index contributed by atoms with van der Waals surface area (Å²) in [4.78, 5) is 42.5. The van der Waals surface area contributed by atoms with Crippen LogP contribution in [-0.2, 0) is 135 Å². The molecule has 1 amide bonds. The van der Waals surface area contributed by atoms with Gasteiger partial charge in [-0.1, -0.05) is 59.7 Å². The highest BCUT2D eigenvalue weighted by Gasteiger charge is 2.29. The van der Waals surface area contributed by atoms with Gasteiger partial charge in [-0.25, -0.2) is 8.42 Å². The van der Waals surface area contributed by atoms with Crippen molar-refractivity contribution in [2.24, 2.45) is 5.92 Å². The largest absolute Gasteiger partial charge is 0.460 e. The Bertz CT molecular complexity index is 2750. The van der Waals surface area contributed by atoms with Crippen molar-refractivity contribution in [3.8, 4) is 0 Å². The molecule has 0 saturated carbocycles. The monoisotopic (exact) mass is 1600 g/mol. The van der Waals surface area contributed by atoms with E-state index in [-0.39, 0.29) is 55.1 Å². The Hall–Kier alpha value is -4.70. The third kappa shape index (κ3) is 59.6. The minimum atomic E-state index is -3.81. The van der Waals surface area contributed by atoms with Gasteiger partial charge in [-0.05, 0) is 77.3 Å². The lowest BCUT2D eigenvalue weighted by molar-refractivity contribution is -0.155. The fourth-order valence-corrected chi connectivity index (χ4v) is 11.2. The third-order valence-corrected chi connectivity index (χ3v) is 17.4. The molecule has 0 heterocycles. The summed E-state index contributed by atoms with van der Waals surface area (Å²) >= 11 is 0. The van der Waals surface area contributed by atoms with Crippen LogP contribution in [-0.4, -0.2) is 360 Å². The molecule has 638 valence electrons. The van der Waals surface area contributed by atoms with Gasteiger partial charge < -0.3 is 119 Å². The van der Waals surface area contributed by atoms with E-state index in [0.717, 1.165) is 16.7 Å².